The topological polar surface area (TPSA) is 57.4 Å². The molecule has 1 fully saturated rings. The molecule has 1 N–H and O–H groups in total. The van der Waals surface area contributed by atoms with E-state index >= 15 is 0 Å². The maximum Gasteiger partial charge on any atom is 0.335 e. The van der Waals surface area contributed by atoms with Crippen molar-refractivity contribution in [3.05, 3.63) is 71.1 Å². The van der Waals surface area contributed by atoms with Gasteiger partial charge in [0.05, 0.1) is 17.7 Å². The molecule has 0 bridgehead atoms. The van der Waals surface area contributed by atoms with Crippen LogP contribution in [-0.2, 0) is 11.2 Å². The number of likely N-dealkylation sites (N-methyl/N-ethyl adjacent to an activating group) is 1. The van der Waals surface area contributed by atoms with Crippen molar-refractivity contribution >= 4 is 29.8 Å². The first-order chi connectivity index (χ1) is 14.4. The predicted molar refractivity (Wildman–Crippen MR) is 126 cm³/mol. The van der Waals surface area contributed by atoms with Gasteiger partial charge in [-0.25, -0.2) is 9.64 Å². The number of aromatic carboxylic acids is 1. The van der Waals surface area contributed by atoms with E-state index in [0.29, 0.717) is 11.3 Å². The molecule has 1 aliphatic rings. The van der Waals surface area contributed by atoms with Crippen molar-refractivity contribution in [1.29, 1.82) is 0 Å². The maximum atomic E-state index is 11.0. The third kappa shape index (κ3) is 6.44. The van der Waals surface area contributed by atoms with Crippen LogP contribution in [0.5, 0.6) is 0 Å². The normalized spacial score (nSPS) is 15.5. The van der Waals surface area contributed by atoms with Crippen LogP contribution in [0, 0.1) is 6.57 Å². The summed E-state index contributed by atoms with van der Waals surface area (Å²) in [6.45, 7) is 10.8. The molecule has 166 valence electrons. The van der Waals surface area contributed by atoms with E-state index < -0.39 is 5.97 Å². The molecular weight excluding hydrogens is 414 g/mol. The minimum atomic E-state index is -0.910. The summed E-state index contributed by atoms with van der Waals surface area (Å²) in [5, 5.41) is 9.07. The van der Waals surface area contributed by atoms with Crippen LogP contribution in [0.1, 0.15) is 28.8 Å². The van der Waals surface area contributed by atoms with Crippen LogP contribution in [0.15, 0.2) is 48.5 Å². The zero-order chi connectivity index (χ0) is 21.6. The number of rotatable bonds is 8. The van der Waals surface area contributed by atoms with Gasteiger partial charge in [-0.05, 0) is 49.1 Å². The molecule has 1 aliphatic heterocycles. The molecule has 2 aromatic carbocycles. The molecule has 7 heteroatoms. The largest absolute Gasteiger partial charge is 0.478 e. The molecule has 0 unspecified atom stereocenters. The molecule has 6 nitrogen and oxygen atoms in total. The second-order valence-electron chi connectivity index (χ2n) is 7.97. The minimum Gasteiger partial charge on any atom is -0.478 e. The van der Waals surface area contributed by atoms with Gasteiger partial charge in [-0.2, -0.15) is 0 Å². The molecule has 0 aliphatic carbocycles. The Morgan fingerprint density at radius 1 is 1.16 bits per heavy atom. The molecular formula is C24H30ClN3O3. The van der Waals surface area contributed by atoms with Crippen LogP contribution in [0.2, 0.25) is 0 Å². The molecule has 3 rings (SSSR count). The first-order valence-electron chi connectivity index (χ1n) is 10.2. The lowest BCUT2D eigenvalue weighted by molar-refractivity contribution is -0.0500. The van der Waals surface area contributed by atoms with E-state index in [1.165, 1.54) is 5.56 Å². The Morgan fingerprint density at radius 2 is 1.77 bits per heavy atom. The van der Waals surface area contributed by atoms with Crippen LogP contribution in [0.25, 0.3) is 4.85 Å². The fraction of sp³-hybridized carbons (Fsp3) is 0.417. The summed E-state index contributed by atoms with van der Waals surface area (Å²) >= 11 is 0. The molecule has 0 saturated carbocycles. The number of carbonyl (C=O) groups is 1. The standard InChI is InChI=1S/C24H29N3O3.ClH/c1-25-21-8-4-19(5-9-21)12-15-27-16-13-24(30-3,14-17-27)18-26(2)22-10-6-20(7-11-22)23(28)29;/h4-11H,12-18H2,2-3H3,(H,28,29);1H. The fourth-order valence-electron chi connectivity index (χ4n) is 4.02. The molecule has 0 aromatic heterocycles. The SMILES string of the molecule is Cl.[C-]#[N+]c1ccc(CCN2CCC(CN(C)c3ccc(C(=O)O)cc3)(OC)CC2)cc1. The Bertz CT molecular complexity index is 886. The summed E-state index contributed by atoms with van der Waals surface area (Å²) in [5.41, 5.74) is 3.03. The van der Waals surface area contributed by atoms with Gasteiger partial charge in [-0.15, -0.1) is 12.4 Å². The van der Waals surface area contributed by atoms with Crippen molar-refractivity contribution in [2.24, 2.45) is 0 Å². The van der Waals surface area contributed by atoms with Crippen LogP contribution in [0.3, 0.4) is 0 Å². The van der Waals surface area contributed by atoms with Crippen molar-refractivity contribution in [3.63, 3.8) is 0 Å². The second kappa shape index (κ2) is 11.1. The van der Waals surface area contributed by atoms with Gasteiger partial charge in [-0.3, -0.25) is 0 Å². The molecule has 1 saturated heterocycles. The number of ether oxygens (including phenoxy) is 1. The number of anilines is 1. The third-order valence-electron chi connectivity index (χ3n) is 6.06. The molecule has 2 aromatic rings. The molecule has 0 spiro atoms. The number of likely N-dealkylation sites (tertiary alicyclic amines) is 1. The quantitative estimate of drug-likeness (QED) is 0.608. The number of carboxylic acids is 1. The number of carboxylic acid groups (broad SMARTS) is 1. The van der Waals surface area contributed by atoms with Gasteiger partial charge in [0.2, 0.25) is 0 Å². The lowest BCUT2D eigenvalue weighted by atomic mass is 9.90. The lowest BCUT2D eigenvalue weighted by Gasteiger charge is -2.43. The van der Waals surface area contributed by atoms with Gasteiger partial charge in [0.1, 0.15) is 0 Å². The Labute approximate surface area is 190 Å². The van der Waals surface area contributed by atoms with E-state index in [9.17, 15) is 4.79 Å². The molecule has 0 amide bonds. The average Bonchev–Trinajstić information content (AvgIpc) is 2.79. The fourth-order valence-corrected chi connectivity index (χ4v) is 4.02. The second-order valence-corrected chi connectivity index (χ2v) is 7.97. The Kier molecular flexibility index (Phi) is 8.88. The number of methoxy groups -OCH3 is 1. The number of benzene rings is 2. The van der Waals surface area contributed by atoms with Gasteiger partial charge in [-0.1, -0.05) is 24.3 Å². The maximum absolute atomic E-state index is 11.0. The van der Waals surface area contributed by atoms with Crippen molar-refractivity contribution in [1.82, 2.24) is 4.90 Å². The van der Waals surface area contributed by atoms with E-state index in [2.05, 4.69) is 14.6 Å². The van der Waals surface area contributed by atoms with Gasteiger partial charge in [0.25, 0.3) is 0 Å². The van der Waals surface area contributed by atoms with Gasteiger partial charge < -0.3 is 19.6 Å². The van der Waals surface area contributed by atoms with Crippen molar-refractivity contribution < 1.29 is 14.6 Å². The zero-order valence-electron chi connectivity index (χ0n) is 18.1. The zero-order valence-corrected chi connectivity index (χ0v) is 18.9. The highest BCUT2D eigenvalue weighted by Crippen LogP contribution is 2.29. The van der Waals surface area contributed by atoms with Gasteiger partial charge >= 0.3 is 5.97 Å². The summed E-state index contributed by atoms with van der Waals surface area (Å²) in [6.07, 6.45) is 2.89. The summed E-state index contributed by atoms with van der Waals surface area (Å²) in [7, 11) is 3.81. The molecule has 0 radical (unpaired) electrons. The average molecular weight is 444 g/mol. The number of halogens is 1. The third-order valence-corrected chi connectivity index (χ3v) is 6.06. The minimum absolute atomic E-state index is 0. The Balaban J connectivity index is 0.00000341. The number of hydrogen-bond acceptors (Lipinski definition) is 4. The summed E-state index contributed by atoms with van der Waals surface area (Å²) in [5.74, 6) is -0.910. The highest BCUT2D eigenvalue weighted by atomic mass is 35.5. The molecule has 31 heavy (non-hydrogen) atoms. The lowest BCUT2D eigenvalue weighted by Crippen LogP contribution is -2.51. The van der Waals surface area contributed by atoms with E-state index in [1.54, 1.807) is 19.2 Å². The molecule has 1 heterocycles. The van der Waals surface area contributed by atoms with Gasteiger partial charge in [0, 0.05) is 46.0 Å². The predicted octanol–water partition coefficient (Wildman–Crippen LogP) is 4.52. The van der Waals surface area contributed by atoms with Crippen molar-refractivity contribution in [2.75, 3.05) is 45.2 Å². The van der Waals surface area contributed by atoms with Crippen LogP contribution < -0.4 is 4.90 Å². The van der Waals surface area contributed by atoms with E-state index in [1.807, 2.05) is 43.4 Å². The van der Waals surface area contributed by atoms with Crippen LogP contribution in [0.4, 0.5) is 11.4 Å². The highest BCUT2D eigenvalue weighted by Gasteiger charge is 2.35. The Hall–Kier alpha value is -2.59. The number of nitrogens with zero attached hydrogens (tertiary/aromatic N) is 3. The van der Waals surface area contributed by atoms with Crippen LogP contribution >= 0.6 is 12.4 Å². The monoisotopic (exact) mass is 443 g/mol. The summed E-state index contributed by atoms with van der Waals surface area (Å²) in [4.78, 5) is 19.1. The van der Waals surface area contributed by atoms with Crippen molar-refractivity contribution in [2.45, 2.75) is 24.9 Å². The van der Waals surface area contributed by atoms with E-state index in [0.717, 1.165) is 51.1 Å². The summed E-state index contributed by atoms with van der Waals surface area (Å²) in [6, 6.07) is 14.8. The highest BCUT2D eigenvalue weighted by molar-refractivity contribution is 5.88. The number of piperidine rings is 1. The molecule has 0 atom stereocenters. The summed E-state index contributed by atoms with van der Waals surface area (Å²) < 4.78 is 5.98. The van der Waals surface area contributed by atoms with E-state index in [-0.39, 0.29) is 18.0 Å². The van der Waals surface area contributed by atoms with Crippen molar-refractivity contribution in [3.8, 4) is 0 Å². The van der Waals surface area contributed by atoms with E-state index in [4.69, 9.17) is 16.4 Å². The van der Waals surface area contributed by atoms with Crippen LogP contribution in [-0.4, -0.2) is 61.9 Å². The first-order valence-corrected chi connectivity index (χ1v) is 10.2. The Morgan fingerprint density at radius 3 is 2.29 bits per heavy atom. The van der Waals surface area contributed by atoms with Gasteiger partial charge in [0.15, 0.2) is 5.69 Å². The number of hydrogen-bond donors (Lipinski definition) is 1. The first kappa shape index (κ1) is 24.7. The smallest absolute Gasteiger partial charge is 0.335 e.